The summed E-state index contributed by atoms with van der Waals surface area (Å²) in [5.74, 6) is 0.533. The van der Waals surface area contributed by atoms with E-state index in [0.717, 1.165) is 35.1 Å². The lowest BCUT2D eigenvalue weighted by atomic mass is 10.1. The van der Waals surface area contributed by atoms with Gasteiger partial charge in [0.25, 0.3) is 5.91 Å². The number of aromatic nitrogens is 4. The molecule has 11 nitrogen and oxygen atoms in total. The van der Waals surface area contributed by atoms with Crippen molar-refractivity contribution >= 4 is 45.9 Å². The molecule has 2 heterocycles. The molecule has 4 rings (SSSR count). The fourth-order valence-electron chi connectivity index (χ4n) is 4.07. The standard InChI is InChI=1S/C27H32N8O3/c1-18-22-12-11-21(17-23(22)32-35(18)3)34(2)24-13-15-29-27(31-24)30-20-9-7-8-19(16-20)26(37)28-14-6-4-5-10-25(36)33-38/h7-9,11-13,15-17,38H,4-6,10,14H2,1-3H3,(H,28,37)(H,33,36)(H,29,30,31). The number of nitrogens with zero attached hydrogens (tertiary/aromatic N) is 5. The predicted octanol–water partition coefficient (Wildman–Crippen LogP) is 3.98. The molecule has 0 aliphatic heterocycles. The second kappa shape index (κ2) is 12.2. The number of fused-ring (bicyclic) bond motifs is 1. The fraction of sp³-hybridized carbons (Fsp3) is 0.296. The summed E-state index contributed by atoms with van der Waals surface area (Å²) in [7, 11) is 3.87. The third-order valence-corrected chi connectivity index (χ3v) is 6.36. The molecule has 0 spiro atoms. The minimum Gasteiger partial charge on any atom is -0.352 e. The van der Waals surface area contributed by atoms with Gasteiger partial charge in [0, 0.05) is 61.3 Å². The van der Waals surface area contributed by atoms with Crippen molar-refractivity contribution in [2.24, 2.45) is 7.05 Å². The molecule has 0 aliphatic rings. The van der Waals surface area contributed by atoms with Crippen LogP contribution in [0.5, 0.6) is 0 Å². The fourth-order valence-corrected chi connectivity index (χ4v) is 4.07. The van der Waals surface area contributed by atoms with Gasteiger partial charge in [0.2, 0.25) is 11.9 Å². The van der Waals surface area contributed by atoms with Gasteiger partial charge in [-0.2, -0.15) is 10.1 Å². The van der Waals surface area contributed by atoms with Crippen LogP contribution in [0.4, 0.5) is 23.1 Å². The Balaban J connectivity index is 1.37. The van der Waals surface area contributed by atoms with Crippen molar-refractivity contribution < 1.29 is 14.8 Å². The van der Waals surface area contributed by atoms with Crippen molar-refractivity contribution in [2.75, 3.05) is 23.8 Å². The summed E-state index contributed by atoms with van der Waals surface area (Å²) in [6, 6.07) is 15.1. The van der Waals surface area contributed by atoms with Gasteiger partial charge in [0.15, 0.2) is 0 Å². The van der Waals surface area contributed by atoms with Crippen LogP contribution in [-0.4, -0.2) is 50.4 Å². The number of aryl methyl sites for hydroxylation is 2. The minimum absolute atomic E-state index is 0.184. The van der Waals surface area contributed by atoms with Gasteiger partial charge in [-0.3, -0.25) is 19.5 Å². The van der Waals surface area contributed by atoms with Crippen LogP contribution in [0.2, 0.25) is 0 Å². The average Bonchev–Trinajstić information content (AvgIpc) is 3.22. The molecule has 0 saturated heterocycles. The number of carbonyl (C=O) groups excluding carboxylic acids is 2. The van der Waals surface area contributed by atoms with E-state index in [0.29, 0.717) is 36.0 Å². The van der Waals surface area contributed by atoms with Crippen molar-refractivity contribution in [2.45, 2.75) is 32.6 Å². The molecule has 4 aromatic rings. The number of carbonyl (C=O) groups is 2. The van der Waals surface area contributed by atoms with Crippen molar-refractivity contribution in [1.82, 2.24) is 30.5 Å². The van der Waals surface area contributed by atoms with E-state index in [9.17, 15) is 9.59 Å². The summed E-state index contributed by atoms with van der Waals surface area (Å²) in [6.07, 6.45) is 4.10. The van der Waals surface area contributed by atoms with E-state index in [-0.39, 0.29) is 12.3 Å². The Bertz CT molecular complexity index is 1440. The number of unbranched alkanes of at least 4 members (excludes halogenated alkanes) is 2. The van der Waals surface area contributed by atoms with E-state index in [1.165, 1.54) is 0 Å². The average molecular weight is 517 g/mol. The minimum atomic E-state index is -0.402. The zero-order valence-electron chi connectivity index (χ0n) is 21.7. The maximum absolute atomic E-state index is 12.6. The summed E-state index contributed by atoms with van der Waals surface area (Å²) in [6.45, 7) is 2.54. The van der Waals surface area contributed by atoms with Gasteiger partial charge < -0.3 is 15.5 Å². The van der Waals surface area contributed by atoms with Gasteiger partial charge in [0.1, 0.15) is 5.82 Å². The first-order chi connectivity index (χ1) is 18.4. The third-order valence-electron chi connectivity index (χ3n) is 6.36. The number of benzene rings is 2. The Morgan fingerprint density at radius 3 is 2.74 bits per heavy atom. The Morgan fingerprint density at radius 1 is 1.08 bits per heavy atom. The number of hydrogen-bond donors (Lipinski definition) is 4. The Morgan fingerprint density at radius 2 is 1.92 bits per heavy atom. The molecule has 2 aromatic carbocycles. The maximum atomic E-state index is 12.6. The molecule has 2 aromatic heterocycles. The molecular formula is C27H32N8O3. The predicted molar refractivity (Wildman–Crippen MR) is 146 cm³/mol. The highest BCUT2D eigenvalue weighted by atomic mass is 16.5. The maximum Gasteiger partial charge on any atom is 0.251 e. The van der Waals surface area contributed by atoms with E-state index in [1.807, 2.05) is 54.9 Å². The van der Waals surface area contributed by atoms with E-state index >= 15 is 0 Å². The molecule has 38 heavy (non-hydrogen) atoms. The first-order valence-corrected chi connectivity index (χ1v) is 12.4. The lowest BCUT2D eigenvalue weighted by molar-refractivity contribution is -0.129. The van der Waals surface area contributed by atoms with E-state index in [4.69, 9.17) is 5.21 Å². The highest BCUT2D eigenvalue weighted by Crippen LogP contribution is 2.27. The number of amides is 2. The first-order valence-electron chi connectivity index (χ1n) is 12.4. The molecule has 2 amide bonds. The lowest BCUT2D eigenvalue weighted by Crippen LogP contribution is -2.24. The van der Waals surface area contributed by atoms with Gasteiger partial charge >= 0.3 is 0 Å². The zero-order valence-corrected chi connectivity index (χ0v) is 21.7. The highest BCUT2D eigenvalue weighted by molar-refractivity contribution is 5.95. The monoisotopic (exact) mass is 516 g/mol. The summed E-state index contributed by atoms with van der Waals surface area (Å²) in [5.41, 5.74) is 5.81. The molecule has 11 heteroatoms. The SMILES string of the molecule is Cc1c2ccc(N(C)c3ccnc(Nc4cccc(C(=O)NCCCCCC(=O)NO)c4)n3)cc2nn1C. The van der Waals surface area contributed by atoms with E-state index in [1.54, 1.807) is 29.9 Å². The van der Waals surface area contributed by atoms with Crippen molar-refractivity contribution in [3.05, 3.63) is 66.0 Å². The highest BCUT2D eigenvalue weighted by Gasteiger charge is 2.12. The number of nitrogens with one attached hydrogen (secondary N) is 3. The number of anilines is 4. The van der Waals surface area contributed by atoms with Crippen molar-refractivity contribution in [3.63, 3.8) is 0 Å². The molecule has 198 valence electrons. The lowest BCUT2D eigenvalue weighted by Gasteiger charge is -2.19. The molecule has 0 unspecified atom stereocenters. The molecule has 0 fully saturated rings. The molecule has 0 bridgehead atoms. The summed E-state index contributed by atoms with van der Waals surface area (Å²) in [4.78, 5) is 34.6. The van der Waals surface area contributed by atoms with Crippen LogP contribution in [0, 0.1) is 6.92 Å². The number of hydrogen-bond acceptors (Lipinski definition) is 8. The number of rotatable bonds is 11. The van der Waals surface area contributed by atoms with Gasteiger partial charge in [-0.1, -0.05) is 12.5 Å². The first kappa shape index (κ1) is 26.6. The molecule has 0 radical (unpaired) electrons. The second-order valence-electron chi connectivity index (χ2n) is 9.02. The smallest absolute Gasteiger partial charge is 0.251 e. The normalized spacial score (nSPS) is 10.8. The second-order valence-corrected chi connectivity index (χ2v) is 9.02. The summed E-state index contributed by atoms with van der Waals surface area (Å²) < 4.78 is 1.87. The van der Waals surface area contributed by atoms with Gasteiger partial charge in [-0.05, 0) is 62.2 Å². The van der Waals surface area contributed by atoms with Crippen LogP contribution in [0.1, 0.15) is 41.7 Å². The van der Waals surface area contributed by atoms with E-state index < -0.39 is 5.91 Å². The molecule has 4 N–H and O–H groups in total. The van der Waals surface area contributed by atoms with E-state index in [2.05, 4.69) is 31.8 Å². The quantitative estimate of drug-likeness (QED) is 0.133. The Kier molecular flexibility index (Phi) is 8.49. The summed E-state index contributed by atoms with van der Waals surface area (Å²) in [5, 5.41) is 20.3. The van der Waals surface area contributed by atoms with Crippen LogP contribution in [0.25, 0.3) is 10.9 Å². The van der Waals surface area contributed by atoms with Crippen LogP contribution in [-0.2, 0) is 11.8 Å². The zero-order chi connectivity index (χ0) is 27.1. The topological polar surface area (TPSA) is 137 Å². The third kappa shape index (κ3) is 6.43. The van der Waals surface area contributed by atoms with Gasteiger partial charge in [0.05, 0.1) is 5.52 Å². The van der Waals surface area contributed by atoms with Gasteiger partial charge in [-0.15, -0.1) is 0 Å². The van der Waals surface area contributed by atoms with Crippen LogP contribution in [0.15, 0.2) is 54.7 Å². The van der Waals surface area contributed by atoms with Crippen LogP contribution in [0.3, 0.4) is 0 Å². The molecule has 0 atom stereocenters. The largest absolute Gasteiger partial charge is 0.352 e. The van der Waals surface area contributed by atoms with Crippen molar-refractivity contribution in [3.8, 4) is 0 Å². The van der Waals surface area contributed by atoms with Gasteiger partial charge in [-0.25, -0.2) is 10.5 Å². The molecular weight excluding hydrogens is 484 g/mol. The summed E-state index contributed by atoms with van der Waals surface area (Å²) >= 11 is 0. The Labute approximate surface area is 220 Å². The van der Waals surface area contributed by atoms with Crippen molar-refractivity contribution in [1.29, 1.82) is 0 Å². The molecule has 0 saturated carbocycles. The van der Waals surface area contributed by atoms with Crippen LogP contribution < -0.4 is 21.0 Å². The number of hydroxylamine groups is 1. The van der Waals surface area contributed by atoms with Crippen LogP contribution >= 0.6 is 0 Å². The molecule has 0 aliphatic carbocycles. The Hall–Kier alpha value is -4.51.